The second kappa shape index (κ2) is 9.90. The summed E-state index contributed by atoms with van der Waals surface area (Å²) in [6.45, 7) is 2.10. The van der Waals surface area contributed by atoms with E-state index in [9.17, 15) is 0 Å². The van der Waals surface area contributed by atoms with Crippen LogP contribution in [-0.4, -0.2) is 31.6 Å². The van der Waals surface area contributed by atoms with E-state index >= 15 is 0 Å². The number of benzene rings is 1. The molecule has 0 spiro atoms. The lowest BCUT2D eigenvalue weighted by Crippen LogP contribution is -2.37. The third-order valence-corrected chi connectivity index (χ3v) is 3.70. The smallest absolute Gasteiger partial charge is 0.191 e. The number of rotatable bonds is 7. The van der Waals surface area contributed by atoms with Crippen LogP contribution < -0.4 is 10.6 Å². The fraction of sp³-hybridized carbons (Fsp3) is 0.333. The summed E-state index contributed by atoms with van der Waals surface area (Å²) in [5, 5.41) is 7.12. The zero-order chi connectivity index (χ0) is 17.2. The lowest BCUT2D eigenvalue weighted by molar-refractivity contribution is 0.185. The van der Waals surface area contributed by atoms with E-state index in [1.165, 1.54) is 5.56 Å². The first kappa shape index (κ1) is 18.2. The van der Waals surface area contributed by atoms with Gasteiger partial charge in [0.05, 0.1) is 6.61 Å². The summed E-state index contributed by atoms with van der Waals surface area (Å²) < 4.78 is 5.16. The number of nitrogens with zero attached hydrogens (tertiary/aromatic N) is 2. The van der Waals surface area contributed by atoms with Crippen molar-refractivity contribution in [2.24, 2.45) is 4.99 Å². The maximum atomic E-state index is 5.79. The van der Waals surface area contributed by atoms with Gasteiger partial charge in [-0.1, -0.05) is 41.9 Å². The van der Waals surface area contributed by atoms with Gasteiger partial charge in [0, 0.05) is 33.4 Å². The fourth-order valence-corrected chi connectivity index (χ4v) is 2.39. The zero-order valence-electron chi connectivity index (χ0n) is 14.1. The molecule has 0 bridgehead atoms. The van der Waals surface area contributed by atoms with Crippen molar-refractivity contribution >= 4 is 17.6 Å². The Morgan fingerprint density at radius 2 is 2.00 bits per heavy atom. The molecule has 5 nitrogen and oxygen atoms in total. The summed E-state index contributed by atoms with van der Waals surface area (Å²) in [6.07, 6.45) is 2.65. The molecule has 0 aliphatic rings. The number of hydrogen-bond acceptors (Lipinski definition) is 3. The molecule has 0 saturated carbocycles. The van der Waals surface area contributed by atoms with Crippen LogP contribution in [0.15, 0.2) is 47.6 Å². The molecule has 0 aliphatic heterocycles. The van der Waals surface area contributed by atoms with E-state index in [0.29, 0.717) is 18.3 Å². The molecule has 0 aliphatic carbocycles. The summed E-state index contributed by atoms with van der Waals surface area (Å²) in [7, 11) is 3.47. The van der Waals surface area contributed by atoms with Gasteiger partial charge in [0.1, 0.15) is 5.15 Å². The maximum Gasteiger partial charge on any atom is 0.191 e. The lowest BCUT2D eigenvalue weighted by atomic mass is 10.1. The van der Waals surface area contributed by atoms with Gasteiger partial charge in [-0.3, -0.25) is 4.99 Å². The number of hydrogen-bond donors (Lipinski definition) is 2. The van der Waals surface area contributed by atoms with Crippen molar-refractivity contribution in [2.45, 2.75) is 19.6 Å². The average molecular weight is 347 g/mol. The molecule has 0 amide bonds. The summed E-state index contributed by atoms with van der Waals surface area (Å²) in [4.78, 5) is 8.32. The molecule has 1 heterocycles. The highest BCUT2D eigenvalue weighted by molar-refractivity contribution is 6.29. The summed E-state index contributed by atoms with van der Waals surface area (Å²) in [5.41, 5.74) is 3.49. The summed E-state index contributed by atoms with van der Waals surface area (Å²) >= 11 is 5.79. The number of pyridine rings is 1. The van der Waals surface area contributed by atoms with Crippen LogP contribution in [0.5, 0.6) is 0 Å². The number of ether oxygens (including phenoxy) is 1. The lowest BCUT2D eigenvalue weighted by Gasteiger charge is -2.12. The van der Waals surface area contributed by atoms with Crippen LogP contribution in [0.2, 0.25) is 5.15 Å². The normalized spacial score (nSPS) is 11.4. The second-order valence-electron chi connectivity index (χ2n) is 5.34. The molecule has 6 heteroatoms. The summed E-state index contributed by atoms with van der Waals surface area (Å²) in [5.74, 6) is 0.772. The van der Waals surface area contributed by atoms with Crippen LogP contribution in [0.4, 0.5) is 0 Å². The number of aromatic nitrogens is 1. The molecule has 24 heavy (non-hydrogen) atoms. The molecule has 0 unspecified atom stereocenters. The molecule has 2 aromatic rings. The quantitative estimate of drug-likeness (QED) is 0.460. The van der Waals surface area contributed by atoms with Crippen LogP contribution in [0.25, 0.3) is 0 Å². The molecule has 0 saturated heterocycles. The van der Waals surface area contributed by atoms with Gasteiger partial charge < -0.3 is 15.4 Å². The predicted octanol–water partition coefficient (Wildman–Crippen LogP) is 2.79. The van der Waals surface area contributed by atoms with Crippen molar-refractivity contribution < 1.29 is 4.74 Å². The average Bonchev–Trinajstić information content (AvgIpc) is 2.60. The second-order valence-corrected chi connectivity index (χ2v) is 5.73. The Kier molecular flexibility index (Phi) is 7.52. The summed E-state index contributed by atoms with van der Waals surface area (Å²) in [6, 6.07) is 12.1. The number of halogens is 1. The van der Waals surface area contributed by atoms with Crippen LogP contribution >= 0.6 is 11.6 Å². The molecule has 2 rings (SSSR count). The molecule has 1 aromatic carbocycles. The van der Waals surface area contributed by atoms with E-state index in [2.05, 4.69) is 38.8 Å². The zero-order valence-corrected chi connectivity index (χ0v) is 14.8. The third kappa shape index (κ3) is 6.18. The molecule has 1 aromatic heterocycles. The van der Waals surface area contributed by atoms with Crippen molar-refractivity contribution in [3.05, 3.63) is 64.4 Å². The molecular formula is C18H23ClN4O. The molecule has 0 radical (unpaired) electrons. The minimum atomic E-state index is 0.514. The van der Waals surface area contributed by atoms with E-state index < -0.39 is 0 Å². The molecule has 128 valence electrons. The first-order valence-electron chi connectivity index (χ1n) is 7.83. The van der Waals surface area contributed by atoms with Gasteiger partial charge in [0.2, 0.25) is 0 Å². The number of nitrogens with one attached hydrogen (secondary N) is 2. The van der Waals surface area contributed by atoms with E-state index in [4.69, 9.17) is 16.3 Å². The van der Waals surface area contributed by atoms with Crippen LogP contribution in [-0.2, 0) is 24.3 Å². The van der Waals surface area contributed by atoms with Gasteiger partial charge in [0.25, 0.3) is 0 Å². The number of guanidine groups is 1. The van der Waals surface area contributed by atoms with Gasteiger partial charge in [-0.15, -0.1) is 0 Å². The first-order valence-corrected chi connectivity index (χ1v) is 8.20. The first-order chi connectivity index (χ1) is 11.7. The van der Waals surface area contributed by atoms with Gasteiger partial charge in [0.15, 0.2) is 5.96 Å². The monoisotopic (exact) mass is 346 g/mol. The van der Waals surface area contributed by atoms with Gasteiger partial charge in [-0.25, -0.2) is 4.98 Å². The number of aliphatic imine (C=N–C) groups is 1. The maximum absolute atomic E-state index is 5.79. The van der Waals surface area contributed by atoms with Crippen molar-refractivity contribution in [1.29, 1.82) is 0 Å². The van der Waals surface area contributed by atoms with E-state index in [0.717, 1.165) is 30.1 Å². The Balaban J connectivity index is 1.78. The van der Waals surface area contributed by atoms with Crippen LogP contribution in [0.1, 0.15) is 16.7 Å². The van der Waals surface area contributed by atoms with E-state index in [-0.39, 0.29) is 0 Å². The molecule has 0 fully saturated rings. The number of methoxy groups -OCH3 is 1. The Hall–Kier alpha value is -2.11. The third-order valence-electron chi connectivity index (χ3n) is 3.48. The van der Waals surface area contributed by atoms with E-state index in [1.807, 2.05) is 12.1 Å². The fourth-order valence-electron chi connectivity index (χ4n) is 2.28. The minimum Gasteiger partial charge on any atom is -0.380 e. The largest absolute Gasteiger partial charge is 0.380 e. The SMILES string of the molecule is CN=C(NCCc1ccc(Cl)nc1)NCc1cccc(COC)c1. The standard InChI is InChI=1S/C18H23ClN4O/c1-20-18(21-9-8-14-6-7-17(19)22-11-14)23-12-15-4-3-5-16(10-15)13-24-2/h3-7,10-11H,8-9,12-13H2,1-2H3,(H2,20,21,23). The molecular weight excluding hydrogens is 324 g/mol. The van der Waals surface area contributed by atoms with Crippen LogP contribution in [0.3, 0.4) is 0 Å². The Morgan fingerprint density at radius 3 is 2.71 bits per heavy atom. The predicted molar refractivity (Wildman–Crippen MR) is 98.3 cm³/mol. The molecule has 0 atom stereocenters. The van der Waals surface area contributed by atoms with Gasteiger partial charge >= 0.3 is 0 Å². The van der Waals surface area contributed by atoms with Gasteiger partial charge in [-0.2, -0.15) is 0 Å². The highest BCUT2D eigenvalue weighted by Crippen LogP contribution is 2.06. The van der Waals surface area contributed by atoms with E-state index in [1.54, 1.807) is 26.4 Å². The van der Waals surface area contributed by atoms with Crippen molar-refractivity contribution in [2.75, 3.05) is 20.7 Å². The minimum absolute atomic E-state index is 0.514. The highest BCUT2D eigenvalue weighted by atomic mass is 35.5. The van der Waals surface area contributed by atoms with Gasteiger partial charge in [-0.05, 0) is 29.2 Å². The highest BCUT2D eigenvalue weighted by Gasteiger charge is 2.00. The Morgan fingerprint density at radius 1 is 1.17 bits per heavy atom. The topological polar surface area (TPSA) is 58.5 Å². The van der Waals surface area contributed by atoms with Crippen molar-refractivity contribution in [3.8, 4) is 0 Å². The molecule has 2 N–H and O–H groups in total. The Labute approximate surface area is 148 Å². The Bertz CT molecular complexity index is 658. The van der Waals surface area contributed by atoms with Crippen LogP contribution in [0, 0.1) is 0 Å². The van der Waals surface area contributed by atoms with Crippen molar-refractivity contribution in [1.82, 2.24) is 15.6 Å². The van der Waals surface area contributed by atoms with Crippen molar-refractivity contribution in [3.63, 3.8) is 0 Å².